The number of carbonyl (C=O) groups is 4. The smallest absolute Gasteiger partial charge is 0.348 e. The van der Waals surface area contributed by atoms with E-state index in [9.17, 15) is 28.8 Å². The maximum Gasteiger partial charge on any atom is 0.348 e. The number of aryl methyl sites for hydroxylation is 1. The molecule has 1 aromatic heterocycles. The van der Waals surface area contributed by atoms with Crippen molar-refractivity contribution in [1.29, 1.82) is 0 Å². The van der Waals surface area contributed by atoms with E-state index in [1.54, 1.807) is 37.3 Å². The molecule has 6 N–H and O–H groups in total. The van der Waals surface area contributed by atoms with Crippen molar-refractivity contribution < 1.29 is 19.2 Å². The molecule has 45 heavy (non-hydrogen) atoms. The Morgan fingerprint density at radius 3 is 2.29 bits per heavy atom. The first-order chi connectivity index (χ1) is 21.6. The number of carbonyl (C=O) groups excluding carboxylic acids is 4. The summed E-state index contributed by atoms with van der Waals surface area (Å²) < 4.78 is 3.46. The summed E-state index contributed by atoms with van der Waals surface area (Å²) in [6, 6.07) is 13.7. The van der Waals surface area contributed by atoms with E-state index in [4.69, 9.17) is 11.5 Å². The maximum atomic E-state index is 13.6. The van der Waals surface area contributed by atoms with E-state index < -0.39 is 47.0 Å². The minimum Gasteiger partial charge on any atom is -0.366 e. The molecule has 4 rings (SSSR count). The number of nitrogens with zero attached hydrogens (tertiary/aromatic N) is 3. The molecule has 0 saturated heterocycles. The van der Waals surface area contributed by atoms with Gasteiger partial charge in [0.1, 0.15) is 0 Å². The van der Waals surface area contributed by atoms with Crippen LogP contribution in [-0.4, -0.2) is 56.6 Å². The molecule has 238 valence electrons. The van der Waals surface area contributed by atoms with Crippen LogP contribution in [0, 0.1) is 0 Å². The van der Waals surface area contributed by atoms with Gasteiger partial charge in [-0.2, -0.15) is 0 Å². The zero-order valence-electron chi connectivity index (χ0n) is 25.2. The predicted molar refractivity (Wildman–Crippen MR) is 167 cm³/mol. The Hall–Kier alpha value is -5.04. The molecule has 1 aliphatic rings. The number of nitrogens with one attached hydrogen (secondary N) is 2. The number of hydrogen-bond acceptors (Lipinski definition) is 7. The van der Waals surface area contributed by atoms with Gasteiger partial charge in [0.05, 0.1) is 12.6 Å². The Morgan fingerprint density at radius 2 is 1.62 bits per heavy atom. The van der Waals surface area contributed by atoms with Crippen LogP contribution in [0.2, 0.25) is 0 Å². The number of nitrogens with two attached hydrogens (primary N) is 2. The Balaban J connectivity index is 1.46. The highest BCUT2D eigenvalue weighted by Gasteiger charge is 2.33. The van der Waals surface area contributed by atoms with E-state index in [2.05, 4.69) is 10.6 Å². The van der Waals surface area contributed by atoms with Gasteiger partial charge in [-0.25, -0.2) is 23.5 Å². The summed E-state index contributed by atoms with van der Waals surface area (Å²) in [6.45, 7) is 2.55. The van der Waals surface area contributed by atoms with E-state index in [1.807, 2.05) is 30.3 Å². The van der Waals surface area contributed by atoms with Gasteiger partial charge in [0.15, 0.2) is 6.04 Å². The molecule has 1 aliphatic heterocycles. The van der Waals surface area contributed by atoms with E-state index in [0.29, 0.717) is 43.4 Å². The summed E-state index contributed by atoms with van der Waals surface area (Å²) in [5.74, 6) is -2.92. The van der Waals surface area contributed by atoms with Crippen LogP contribution in [0.25, 0.3) is 0 Å². The molecule has 2 heterocycles. The Kier molecular flexibility index (Phi) is 11.0. The topological polar surface area (TPSA) is 193 Å². The molecule has 0 aliphatic carbocycles. The minimum atomic E-state index is -1.19. The van der Waals surface area contributed by atoms with E-state index >= 15 is 0 Å². The second-order valence-corrected chi connectivity index (χ2v) is 11.1. The van der Waals surface area contributed by atoms with Crippen LogP contribution < -0.4 is 33.5 Å². The number of Topliss-reactive ketones (excluding diaryl/α,β-unsaturated/α-hetero) is 1. The summed E-state index contributed by atoms with van der Waals surface area (Å²) in [5.41, 5.74) is 12.6. The summed E-state index contributed by atoms with van der Waals surface area (Å²) in [7, 11) is 0. The quantitative estimate of drug-likeness (QED) is 0.106. The summed E-state index contributed by atoms with van der Waals surface area (Å²) in [4.78, 5) is 77.6. The fourth-order valence-electron chi connectivity index (χ4n) is 5.27. The molecule has 0 fully saturated rings. The van der Waals surface area contributed by atoms with Gasteiger partial charge in [-0.3, -0.25) is 19.2 Å². The van der Waals surface area contributed by atoms with E-state index in [1.165, 1.54) is 4.68 Å². The molecular formula is C32H39N7O6. The summed E-state index contributed by atoms with van der Waals surface area (Å²) in [6.07, 6.45) is 3.66. The molecule has 2 atom stereocenters. The number of rotatable bonds is 15. The van der Waals surface area contributed by atoms with Crippen molar-refractivity contribution in [3.8, 4) is 0 Å². The first kappa shape index (κ1) is 32.9. The van der Waals surface area contributed by atoms with Crippen molar-refractivity contribution in [3.05, 3.63) is 104 Å². The molecule has 0 spiro atoms. The van der Waals surface area contributed by atoms with Crippen LogP contribution in [-0.2, 0) is 40.3 Å². The Morgan fingerprint density at radius 1 is 0.933 bits per heavy atom. The highest BCUT2D eigenvalue weighted by atomic mass is 16.2. The number of aromatic nitrogens is 3. The molecule has 0 saturated carbocycles. The van der Waals surface area contributed by atoms with E-state index in [0.717, 1.165) is 20.4 Å². The van der Waals surface area contributed by atoms with Gasteiger partial charge >= 0.3 is 11.4 Å². The van der Waals surface area contributed by atoms with Crippen LogP contribution in [0.15, 0.2) is 75.8 Å². The first-order valence-corrected chi connectivity index (χ1v) is 14.9. The number of fused-ring (bicyclic) bond motifs is 1. The Bertz CT molecular complexity index is 1690. The molecule has 13 nitrogen and oxygen atoms in total. The van der Waals surface area contributed by atoms with Gasteiger partial charge in [-0.05, 0) is 74.9 Å². The molecule has 2 unspecified atom stereocenters. The van der Waals surface area contributed by atoms with Gasteiger partial charge in [-0.1, -0.05) is 48.0 Å². The fourth-order valence-corrected chi connectivity index (χ4v) is 5.27. The zero-order chi connectivity index (χ0) is 32.5. The molecule has 2 aromatic carbocycles. The van der Waals surface area contributed by atoms with Gasteiger partial charge < -0.3 is 22.1 Å². The normalized spacial score (nSPS) is 14.6. The number of hydrogen-bond donors (Lipinski definition) is 4. The fraction of sp³-hybridized carbons (Fsp3) is 0.375. The third kappa shape index (κ3) is 8.12. The lowest BCUT2D eigenvalue weighted by Crippen LogP contribution is -2.51. The highest BCUT2D eigenvalue weighted by molar-refractivity contribution is 6.38. The number of benzene rings is 2. The molecule has 0 bridgehead atoms. The minimum absolute atomic E-state index is 0.137. The predicted octanol–water partition coefficient (Wildman–Crippen LogP) is 0.196. The van der Waals surface area contributed by atoms with Gasteiger partial charge in [0, 0.05) is 18.7 Å². The van der Waals surface area contributed by atoms with Gasteiger partial charge in [0.25, 0.3) is 5.91 Å². The van der Waals surface area contributed by atoms with Crippen LogP contribution in [0.5, 0.6) is 0 Å². The third-order valence-corrected chi connectivity index (χ3v) is 7.72. The van der Waals surface area contributed by atoms with Crippen molar-refractivity contribution in [2.45, 2.75) is 64.2 Å². The maximum absolute atomic E-state index is 13.6. The molecule has 3 amide bonds. The van der Waals surface area contributed by atoms with Gasteiger partial charge in [-0.15, -0.1) is 0 Å². The average molecular weight is 618 g/mol. The number of unbranched alkanes of at least 4 members (excludes halogenated alkanes) is 1. The number of ketones is 1. The SMILES string of the molecule is CC1=CC(C(=O)NC(CCCCN)C(=O)C(=O)NCCc2ccc(C(N)=O)cc2)n2c(=O)n(CCc3ccccc3)c(=O)n2C1. The summed E-state index contributed by atoms with van der Waals surface area (Å²) >= 11 is 0. The second kappa shape index (κ2) is 15.1. The molecule has 3 aromatic rings. The van der Waals surface area contributed by atoms with Crippen molar-refractivity contribution in [2.24, 2.45) is 11.5 Å². The second-order valence-electron chi connectivity index (χ2n) is 11.1. The van der Waals surface area contributed by atoms with Crippen molar-refractivity contribution >= 4 is 23.5 Å². The van der Waals surface area contributed by atoms with Crippen molar-refractivity contribution in [2.75, 3.05) is 13.1 Å². The van der Waals surface area contributed by atoms with E-state index in [-0.39, 0.29) is 26.1 Å². The lowest BCUT2D eigenvalue weighted by Gasteiger charge is -2.25. The number of primary amides is 1. The van der Waals surface area contributed by atoms with Crippen LogP contribution in [0.4, 0.5) is 0 Å². The van der Waals surface area contributed by atoms with Gasteiger partial charge in [0.2, 0.25) is 17.6 Å². The largest absolute Gasteiger partial charge is 0.366 e. The number of amides is 3. The summed E-state index contributed by atoms with van der Waals surface area (Å²) in [5, 5.41) is 5.25. The highest BCUT2D eigenvalue weighted by Crippen LogP contribution is 2.17. The molecule has 13 heteroatoms. The lowest BCUT2D eigenvalue weighted by molar-refractivity contribution is -0.140. The van der Waals surface area contributed by atoms with Crippen LogP contribution in [0.3, 0.4) is 0 Å². The number of allylic oxidation sites excluding steroid dienone is 1. The van der Waals surface area contributed by atoms with Crippen LogP contribution in [0.1, 0.15) is 53.7 Å². The van der Waals surface area contributed by atoms with Crippen molar-refractivity contribution in [1.82, 2.24) is 24.6 Å². The monoisotopic (exact) mass is 617 g/mol. The Labute approximate surface area is 259 Å². The first-order valence-electron chi connectivity index (χ1n) is 14.9. The third-order valence-electron chi connectivity index (χ3n) is 7.72. The van der Waals surface area contributed by atoms with Crippen LogP contribution >= 0.6 is 0 Å². The zero-order valence-corrected chi connectivity index (χ0v) is 25.2. The molecular weight excluding hydrogens is 578 g/mol. The molecule has 0 radical (unpaired) electrons. The lowest BCUT2D eigenvalue weighted by atomic mass is 10.0. The average Bonchev–Trinajstić information content (AvgIpc) is 3.27. The standard InChI is InChI=1S/C32H39N7O6/c1-21-19-26(39-32(45)37(31(44)38(39)20-21)18-15-22-7-3-2-4-8-22)29(42)36-25(9-5-6-16-33)27(40)30(43)35-17-14-23-10-12-24(13-11-23)28(34)41/h2-4,7-8,10-13,19,25-26H,5-6,9,14-18,20,33H2,1H3,(H2,34,41)(H,35,43)(H,36,42). The van der Waals surface area contributed by atoms with Crippen molar-refractivity contribution in [3.63, 3.8) is 0 Å².